The van der Waals surface area contributed by atoms with Gasteiger partial charge in [0.15, 0.2) is 0 Å². The molecule has 0 heterocycles. The Hall–Kier alpha value is -2.36. The van der Waals surface area contributed by atoms with Crippen LogP contribution in [-0.4, -0.2) is 25.8 Å². The van der Waals surface area contributed by atoms with Crippen molar-refractivity contribution in [1.82, 2.24) is 0 Å². The van der Waals surface area contributed by atoms with E-state index in [1.807, 2.05) is 30.3 Å². The van der Waals surface area contributed by atoms with Crippen molar-refractivity contribution in [2.24, 2.45) is 5.41 Å². The monoisotopic (exact) mass is 272 g/mol. The van der Waals surface area contributed by atoms with Crippen LogP contribution in [0.15, 0.2) is 54.3 Å². The van der Waals surface area contributed by atoms with E-state index in [-0.39, 0.29) is 0 Å². The van der Waals surface area contributed by atoms with E-state index in [1.165, 1.54) is 0 Å². The molecule has 0 radical (unpaired) electrons. The number of allylic oxidation sites excluding steroid dienone is 3. The second-order valence-electron chi connectivity index (χ2n) is 4.50. The minimum absolute atomic E-state index is 0.339. The van der Waals surface area contributed by atoms with E-state index in [1.54, 1.807) is 18.2 Å². The van der Waals surface area contributed by atoms with Crippen molar-refractivity contribution >= 4 is 12.6 Å². The molecule has 1 aliphatic rings. The van der Waals surface area contributed by atoms with E-state index in [0.29, 0.717) is 38.0 Å². The Kier molecular flexibility index (Phi) is 4.71. The fourth-order valence-electron chi connectivity index (χ4n) is 1.80. The molecule has 0 spiro atoms. The second-order valence-corrected chi connectivity index (χ2v) is 4.50. The highest BCUT2D eigenvalue weighted by Crippen LogP contribution is 2.25. The third-order valence-electron chi connectivity index (χ3n) is 3.02. The Morgan fingerprint density at radius 1 is 1.05 bits per heavy atom. The highest BCUT2D eigenvalue weighted by molar-refractivity contribution is 5.87. The normalized spacial score (nSPS) is 16.1. The van der Waals surface area contributed by atoms with Gasteiger partial charge in [0.25, 0.3) is 0 Å². The lowest BCUT2D eigenvalue weighted by Crippen LogP contribution is -2.23. The third kappa shape index (κ3) is 3.57. The standard InChI is InChI=1S/C16H16O4/c17-12-16(13-18)8-6-15(7-9-16)20-11-10-19-14-4-2-1-3-5-14/h1-8,12-13H,9-11H2. The number of carbonyl (C=O) groups excluding carboxylic acids is 2. The Bertz CT molecular complexity index is 509. The van der Waals surface area contributed by atoms with Gasteiger partial charge in [0.1, 0.15) is 42.7 Å². The summed E-state index contributed by atoms with van der Waals surface area (Å²) in [4.78, 5) is 21.7. The molecule has 0 N–H and O–H groups in total. The van der Waals surface area contributed by atoms with E-state index >= 15 is 0 Å². The van der Waals surface area contributed by atoms with E-state index < -0.39 is 5.41 Å². The predicted molar refractivity (Wildman–Crippen MR) is 74.3 cm³/mol. The van der Waals surface area contributed by atoms with Crippen LogP contribution in [0.3, 0.4) is 0 Å². The second kappa shape index (κ2) is 6.70. The van der Waals surface area contributed by atoms with Crippen LogP contribution >= 0.6 is 0 Å². The molecule has 1 aromatic carbocycles. The SMILES string of the molecule is O=CC1(C=O)C=CC(OCCOc2ccccc2)=CC1. The van der Waals surface area contributed by atoms with Gasteiger partial charge >= 0.3 is 0 Å². The number of para-hydroxylation sites is 1. The van der Waals surface area contributed by atoms with Crippen molar-refractivity contribution in [2.75, 3.05) is 13.2 Å². The summed E-state index contributed by atoms with van der Waals surface area (Å²) in [6, 6.07) is 9.49. The zero-order chi connectivity index (χ0) is 14.3. The summed E-state index contributed by atoms with van der Waals surface area (Å²) < 4.78 is 11.0. The third-order valence-corrected chi connectivity index (χ3v) is 3.02. The smallest absolute Gasteiger partial charge is 0.137 e. The van der Waals surface area contributed by atoms with Gasteiger partial charge in [-0.1, -0.05) is 24.3 Å². The van der Waals surface area contributed by atoms with Gasteiger partial charge < -0.3 is 19.1 Å². The molecule has 0 aromatic heterocycles. The van der Waals surface area contributed by atoms with Gasteiger partial charge in [-0.05, 0) is 30.7 Å². The van der Waals surface area contributed by atoms with Crippen LogP contribution in [0, 0.1) is 5.41 Å². The van der Waals surface area contributed by atoms with Crippen LogP contribution in [0.4, 0.5) is 0 Å². The quantitative estimate of drug-likeness (QED) is 0.434. The van der Waals surface area contributed by atoms with Crippen LogP contribution in [0.1, 0.15) is 6.42 Å². The number of benzene rings is 1. The molecule has 0 saturated heterocycles. The minimum Gasteiger partial charge on any atom is -0.490 e. The number of hydrogen-bond donors (Lipinski definition) is 0. The molecule has 0 bridgehead atoms. The number of hydrogen-bond acceptors (Lipinski definition) is 4. The summed E-state index contributed by atoms with van der Waals surface area (Å²) in [6.07, 6.45) is 6.61. The molecule has 0 aliphatic heterocycles. The molecule has 0 unspecified atom stereocenters. The topological polar surface area (TPSA) is 52.6 Å². The highest BCUT2D eigenvalue weighted by atomic mass is 16.5. The van der Waals surface area contributed by atoms with E-state index in [9.17, 15) is 9.59 Å². The fourth-order valence-corrected chi connectivity index (χ4v) is 1.80. The zero-order valence-electron chi connectivity index (χ0n) is 11.0. The summed E-state index contributed by atoms with van der Waals surface area (Å²) in [7, 11) is 0. The van der Waals surface area contributed by atoms with Crippen molar-refractivity contribution in [3.63, 3.8) is 0 Å². The van der Waals surface area contributed by atoms with Crippen LogP contribution in [0.5, 0.6) is 5.75 Å². The van der Waals surface area contributed by atoms with Gasteiger partial charge in [0.2, 0.25) is 0 Å². The van der Waals surface area contributed by atoms with Gasteiger partial charge in [0.05, 0.1) is 0 Å². The zero-order valence-corrected chi connectivity index (χ0v) is 11.0. The Balaban J connectivity index is 1.74. The Morgan fingerprint density at radius 2 is 1.75 bits per heavy atom. The summed E-state index contributed by atoms with van der Waals surface area (Å²) in [5.74, 6) is 1.45. The minimum atomic E-state index is -1.02. The van der Waals surface area contributed by atoms with Gasteiger partial charge in [-0.2, -0.15) is 0 Å². The fraction of sp³-hybridized carbons (Fsp3) is 0.250. The predicted octanol–water partition coefficient (Wildman–Crippen LogP) is 2.31. The van der Waals surface area contributed by atoms with E-state index in [2.05, 4.69) is 0 Å². The molecule has 4 nitrogen and oxygen atoms in total. The van der Waals surface area contributed by atoms with Gasteiger partial charge in [-0.3, -0.25) is 0 Å². The lowest BCUT2D eigenvalue weighted by Gasteiger charge is -2.19. The Morgan fingerprint density at radius 3 is 2.35 bits per heavy atom. The summed E-state index contributed by atoms with van der Waals surface area (Å²) in [5.41, 5.74) is -1.02. The molecule has 2 rings (SSSR count). The maximum absolute atomic E-state index is 10.9. The largest absolute Gasteiger partial charge is 0.490 e. The molecule has 0 fully saturated rings. The first-order valence-corrected chi connectivity index (χ1v) is 6.41. The number of aldehydes is 2. The van der Waals surface area contributed by atoms with E-state index in [0.717, 1.165) is 5.75 Å². The molecule has 20 heavy (non-hydrogen) atoms. The average molecular weight is 272 g/mol. The first-order chi connectivity index (χ1) is 9.78. The highest BCUT2D eigenvalue weighted by Gasteiger charge is 2.27. The van der Waals surface area contributed by atoms with Crippen LogP contribution in [0.2, 0.25) is 0 Å². The number of ether oxygens (including phenoxy) is 2. The number of rotatable bonds is 7. The number of carbonyl (C=O) groups is 2. The summed E-state index contributed by atoms with van der Waals surface area (Å²) in [6.45, 7) is 0.835. The van der Waals surface area contributed by atoms with Gasteiger partial charge in [0, 0.05) is 0 Å². The van der Waals surface area contributed by atoms with Crippen molar-refractivity contribution in [1.29, 1.82) is 0 Å². The molecule has 4 heteroatoms. The first-order valence-electron chi connectivity index (χ1n) is 6.41. The maximum atomic E-state index is 10.9. The lowest BCUT2D eigenvalue weighted by atomic mass is 9.84. The van der Waals surface area contributed by atoms with Crippen LogP contribution in [0.25, 0.3) is 0 Å². The van der Waals surface area contributed by atoms with Crippen LogP contribution < -0.4 is 4.74 Å². The molecule has 1 aliphatic carbocycles. The molecular weight excluding hydrogens is 256 g/mol. The molecular formula is C16H16O4. The van der Waals surface area contributed by atoms with Crippen molar-refractivity contribution in [2.45, 2.75) is 6.42 Å². The average Bonchev–Trinajstić information content (AvgIpc) is 2.53. The van der Waals surface area contributed by atoms with Crippen molar-refractivity contribution in [3.05, 3.63) is 54.3 Å². The first kappa shape index (κ1) is 14.1. The van der Waals surface area contributed by atoms with Crippen molar-refractivity contribution < 1.29 is 19.1 Å². The van der Waals surface area contributed by atoms with E-state index in [4.69, 9.17) is 9.47 Å². The molecule has 0 amide bonds. The van der Waals surface area contributed by atoms with Gasteiger partial charge in [-0.15, -0.1) is 0 Å². The lowest BCUT2D eigenvalue weighted by molar-refractivity contribution is -0.123. The van der Waals surface area contributed by atoms with Crippen molar-refractivity contribution in [3.8, 4) is 5.75 Å². The molecule has 1 aromatic rings. The summed E-state index contributed by atoms with van der Waals surface area (Å²) >= 11 is 0. The van der Waals surface area contributed by atoms with Gasteiger partial charge in [-0.25, -0.2) is 0 Å². The molecule has 104 valence electrons. The Labute approximate surface area is 117 Å². The summed E-state index contributed by atoms with van der Waals surface area (Å²) in [5, 5.41) is 0. The molecule has 0 saturated carbocycles. The van der Waals surface area contributed by atoms with Crippen LogP contribution in [-0.2, 0) is 14.3 Å². The molecule has 0 atom stereocenters. The maximum Gasteiger partial charge on any atom is 0.137 e.